The SMILES string of the molecule is CC1CCN(C(=O)c2nnn3c2CO[C@@H](c2ccc(Br)cc2)C3)CC1. The molecule has 0 unspecified atom stereocenters. The van der Waals surface area contributed by atoms with Crippen LogP contribution < -0.4 is 0 Å². The molecule has 1 saturated heterocycles. The fraction of sp³-hybridized carbons (Fsp3) is 0.500. The summed E-state index contributed by atoms with van der Waals surface area (Å²) in [5.41, 5.74) is 2.34. The lowest BCUT2D eigenvalue weighted by molar-refractivity contribution is -0.00201. The third kappa shape index (κ3) is 3.35. The van der Waals surface area contributed by atoms with Crippen LogP contribution in [0.5, 0.6) is 0 Å². The summed E-state index contributed by atoms with van der Waals surface area (Å²) in [6.07, 6.45) is 2.04. The highest BCUT2D eigenvalue weighted by atomic mass is 79.9. The number of carbonyl (C=O) groups is 1. The van der Waals surface area contributed by atoms with Gasteiger partial charge in [-0.3, -0.25) is 4.79 Å². The van der Waals surface area contributed by atoms with Crippen LogP contribution in [0.15, 0.2) is 28.7 Å². The molecule has 25 heavy (non-hydrogen) atoms. The molecule has 0 aliphatic carbocycles. The van der Waals surface area contributed by atoms with Gasteiger partial charge in [-0.05, 0) is 36.5 Å². The number of carbonyl (C=O) groups excluding carboxylic acids is 1. The van der Waals surface area contributed by atoms with Crippen LogP contribution in [-0.2, 0) is 17.9 Å². The Bertz CT molecular complexity index is 766. The van der Waals surface area contributed by atoms with Crippen molar-refractivity contribution in [1.29, 1.82) is 0 Å². The molecule has 0 bridgehead atoms. The molecular weight excluding hydrogens is 384 g/mol. The van der Waals surface area contributed by atoms with Gasteiger partial charge in [0.15, 0.2) is 5.69 Å². The van der Waals surface area contributed by atoms with E-state index < -0.39 is 0 Å². The third-order valence-corrected chi connectivity index (χ3v) is 5.64. The fourth-order valence-corrected chi connectivity index (χ4v) is 3.68. The summed E-state index contributed by atoms with van der Waals surface area (Å²) in [6, 6.07) is 8.08. The summed E-state index contributed by atoms with van der Waals surface area (Å²) >= 11 is 3.45. The average Bonchev–Trinajstić information content (AvgIpc) is 3.05. The monoisotopic (exact) mass is 404 g/mol. The number of nitrogens with zero attached hydrogens (tertiary/aromatic N) is 4. The van der Waals surface area contributed by atoms with Crippen molar-refractivity contribution in [3.63, 3.8) is 0 Å². The van der Waals surface area contributed by atoms with Crippen molar-refractivity contribution < 1.29 is 9.53 Å². The first-order valence-corrected chi connectivity index (χ1v) is 9.50. The molecule has 1 aromatic heterocycles. The van der Waals surface area contributed by atoms with E-state index in [1.807, 2.05) is 33.8 Å². The standard InChI is InChI=1S/C18H21BrN4O2/c1-12-6-8-22(9-7-12)18(24)17-15-11-25-16(10-23(15)21-20-17)13-2-4-14(19)5-3-13/h2-5,12,16H,6-11H2,1H3/t16-/m1/s1. The Morgan fingerprint density at radius 2 is 1.96 bits per heavy atom. The predicted molar refractivity (Wildman–Crippen MR) is 96.0 cm³/mol. The van der Waals surface area contributed by atoms with E-state index in [0.717, 1.165) is 41.7 Å². The summed E-state index contributed by atoms with van der Waals surface area (Å²) in [5, 5.41) is 8.38. The Morgan fingerprint density at radius 1 is 1.24 bits per heavy atom. The molecular formula is C18H21BrN4O2. The molecule has 6 nitrogen and oxygen atoms in total. The van der Waals surface area contributed by atoms with Gasteiger partial charge in [0.05, 0.1) is 18.8 Å². The van der Waals surface area contributed by atoms with Crippen molar-refractivity contribution in [1.82, 2.24) is 19.9 Å². The number of fused-ring (bicyclic) bond motifs is 1. The summed E-state index contributed by atoms with van der Waals surface area (Å²) in [5.74, 6) is 0.673. The first-order valence-electron chi connectivity index (χ1n) is 8.70. The van der Waals surface area contributed by atoms with E-state index in [1.165, 1.54) is 0 Å². The maximum absolute atomic E-state index is 12.8. The molecule has 2 aromatic rings. The zero-order valence-corrected chi connectivity index (χ0v) is 15.8. The number of rotatable bonds is 2. The van der Waals surface area contributed by atoms with Crippen molar-refractivity contribution in [2.75, 3.05) is 13.1 Å². The van der Waals surface area contributed by atoms with Crippen LogP contribution in [0.25, 0.3) is 0 Å². The van der Waals surface area contributed by atoms with Gasteiger partial charge in [-0.1, -0.05) is 40.2 Å². The number of piperidine rings is 1. The molecule has 2 aliphatic heterocycles. The summed E-state index contributed by atoms with van der Waals surface area (Å²) in [7, 11) is 0. The highest BCUT2D eigenvalue weighted by molar-refractivity contribution is 9.10. The van der Waals surface area contributed by atoms with Gasteiger partial charge in [0.1, 0.15) is 6.10 Å². The van der Waals surface area contributed by atoms with Gasteiger partial charge in [-0.2, -0.15) is 0 Å². The van der Waals surface area contributed by atoms with Crippen molar-refractivity contribution in [3.05, 3.63) is 45.7 Å². The molecule has 7 heteroatoms. The molecule has 1 fully saturated rings. The molecule has 0 N–H and O–H groups in total. The van der Waals surface area contributed by atoms with Crippen LogP contribution in [-0.4, -0.2) is 38.9 Å². The Labute approximate surface area is 155 Å². The lowest BCUT2D eigenvalue weighted by atomic mass is 9.99. The Balaban J connectivity index is 1.50. The Morgan fingerprint density at radius 3 is 2.68 bits per heavy atom. The summed E-state index contributed by atoms with van der Waals surface area (Å²) < 4.78 is 8.85. The van der Waals surface area contributed by atoms with E-state index in [-0.39, 0.29) is 12.0 Å². The van der Waals surface area contributed by atoms with Crippen LogP contribution in [0.1, 0.15) is 47.6 Å². The van der Waals surface area contributed by atoms with Crippen molar-refractivity contribution in [2.45, 2.75) is 39.0 Å². The lowest BCUT2D eigenvalue weighted by Gasteiger charge is -2.30. The Hall–Kier alpha value is -1.73. The highest BCUT2D eigenvalue weighted by Crippen LogP contribution is 2.28. The van der Waals surface area contributed by atoms with Gasteiger partial charge < -0.3 is 9.64 Å². The van der Waals surface area contributed by atoms with Crippen molar-refractivity contribution in [3.8, 4) is 0 Å². The van der Waals surface area contributed by atoms with Crippen LogP contribution in [0, 0.1) is 5.92 Å². The van der Waals surface area contributed by atoms with Gasteiger partial charge >= 0.3 is 0 Å². The van der Waals surface area contributed by atoms with E-state index in [1.54, 1.807) is 0 Å². The van der Waals surface area contributed by atoms with Crippen LogP contribution in [0.3, 0.4) is 0 Å². The normalized spacial score (nSPS) is 21.2. The van der Waals surface area contributed by atoms with Gasteiger partial charge in [0.25, 0.3) is 5.91 Å². The first-order chi connectivity index (χ1) is 12.1. The molecule has 1 atom stereocenters. The Kier molecular flexibility index (Phi) is 4.60. The smallest absolute Gasteiger partial charge is 0.276 e. The maximum Gasteiger partial charge on any atom is 0.276 e. The zero-order valence-electron chi connectivity index (χ0n) is 14.2. The second kappa shape index (κ2) is 6.88. The number of benzene rings is 1. The second-order valence-corrected chi connectivity index (χ2v) is 7.81. The number of aromatic nitrogens is 3. The van der Waals surface area contributed by atoms with Gasteiger partial charge in [0, 0.05) is 17.6 Å². The highest BCUT2D eigenvalue weighted by Gasteiger charge is 2.31. The van der Waals surface area contributed by atoms with Gasteiger partial charge in [0.2, 0.25) is 0 Å². The van der Waals surface area contributed by atoms with Crippen molar-refractivity contribution in [2.24, 2.45) is 5.92 Å². The molecule has 0 saturated carbocycles. The maximum atomic E-state index is 12.8. The molecule has 2 aliphatic rings. The molecule has 0 spiro atoms. The largest absolute Gasteiger partial charge is 0.365 e. The summed E-state index contributed by atoms with van der Waals surface area (Å²) in [6.45, 7) is 4.77. The van der Waals surface area contributed by atoms with Crippen LogP contribution in [0.4, 0.5) is 0 Å². The second-order valence-electron chi connectivity index (χ2n) is 6.89. The number of amides is 1. The zero-order chi connectivity index (χ0) is 17.4. The number of hydrogen-bond donors (Lipinski definition) is 0. The molecule has 1 aromatic carbocycles. The van der Waals surface area contributed by atoms with Crippen LogP contribution >= 0.6 is 15.9 Å². The fourth-order valence-electron chi connectivity index (χ4n) is 3.42. The topological polar surface area (TPSA) is 60.2 Å². The van der Waals surface area contributed by atoms with E-state index in [9.17, 15) is 4.79 Å². The first kappa shape index (κ1) is 16.7. The number of ether oxygens (including phenoxy) is 1. The lowest BCUT2D eigenvalue weighted by Crippen LogP contribution is -2.38. The minimum absolute atomic E-state index is 0.0150. The van der Waals surface area contributed by atoms with E-state index >= 15 is 0 Å². The molecule has 4 rings (SSSR count). The average molecular weight is 405 g/mol. The number of likely N-dealkylation sites (tertiary alicyclic amines) is 1. The predicted octanol–water partition coefficient (Wildman–Crippen LogP) is 3.18. The minimum Gasteiger partial charge on any atom is -0.365 e. The molecule has 0 radical (unpaired) electrons. The van der Waals surface area contributed by atoms with Crippen LogP contribution in [0.2, 0.25) is 0 Å². The van der Waals surface area contributed by atoms with E-state index in [0.29, 0.717) is 24.8 Å². The molecule has 3 heterocycles. The van der Waals surface area contributed by atoms with E-state index in [4.69, 9.17) is 4.74 Å². The number of hydrogen-bond acceptors (Lipinski definition) is 4. The van der Waals surface area contributed by atoms with Gasteiger partial charge in [-0.15, -0.1) is 5.10 Å². The molecule has 1 amide bonds. The number of halogens is 1. The summed E-state index contributed by atoms with van der Waals surface area (Å²) in [4.78, 5) is 14.7. The van der Waals surface area contributed by atoms with Crippen molar-refractivity contribution >= 4 is 21.8 Å². The van der Waals surface area contributed by atoms with Gasteiger partial charge in [-0.25, -0.2) is 4.68 Å². The van der Waals surface area contributed by atoms with E-state index in [2.05, 4.69) is 33.2 Å². The third-order valence-electron chi connectivity index (χ3n) is 5.11. The molecule has 132 valence electrons. The quantitative estimate of drug-likeness (QED) is 0.770. The minimum atomic E-state index is -0.0684.